The van der Waals surface area contributed by atoms with Crippen molar-refractivity contribution in [1.82, 2.24) is 16.0 Å². The van der Waals surface area contributed by atoms with Gasteiger partial charge in [0, 0.05) is 5.75 Å². The monoisotopic (exact) mass is 460 g/mol. The van der Waals surface area contributed by atoms with E-state index >= 15 is 0 Å². The Hall–Kier alpha value is -1.81. The highest BCUT2D eigenvalue weighted by Crippen LogP contribution is 2.12. The topological polar surface area (TPSA) is 151 Å². The fourth-order valence-electron chi connectivity index (χ4n) is 2.86. The van der Waals surface area contributed by atoms with E-state index in [9.17, 15) is 24.3 Å². The van der Waals surface area contributed by atoms with E-state index in [1.54, 1.807) is 6.92 Å². The van der Waals surface area contributed by atoms with E-state index in [0.717, 1.165) is 6.42 Å². The summed E-state index contributed by atoms with van der Waals surface area (Å²) in [5.74, 6) is -3.32. The van der Waals surface area contributed by atoms with Crippen LogP contribution < -0.4 is 21.7 Å². The van der Waals surface area contributed by atoms with Gasteiger partial charge in [-0.15, -0.1) is 0 Å². The van der Waals surface area contributed by atoms with E-state index in [1.165, 1.54) is 0 Å². The lowest BCUT2D eigenvalue weighted by molar-refractivity contribution is -0.143. The normalized spacial score (nSPS) is 17.9. The van der Waals surface area contributed by atoms with Crippen LogP contribution in [0.25, 0.3) is 0 Å². The molecule has 180 valence electrons. The van der Waals surface area contributed by atoms with Crippen LogP contribution in [0.3, 0.4) is 0 Å². The highest BCUT2D eigenvalue weighted by molar-refractivity contribution is 7.80. The summed E-state index contributed by atoms with van der Waals surface area (Å²) in [6.45, 7) is 11.0. The first kappa shape index (κ1) is 29.2. The Labute approximate surface area is 191 Å². The van der Waals surface area contributed by atoms with Gasteiger partial charge in [0.05, 0.1) is 6.04 Å². The summed E-state index contributed by atoms with van der Waals surface area (Å²) in [4.78, 5) is 49.6. The number of carboxylic acid groups (broad SMARTS) is 1. The summed E-state index contributed by atoms with van der Waals surface area (Å²) in [5.41, 5.74) is 5.99. The summed E-state index contributed by atoms with van der Waals surface area (Å²) < 4.78 is 0. The molecule has 10 heteroatoms. The standard InChI is InChI=1S/C21H40N4O5S/c1-7-11(4)15(22)19(27)24-16(12(5)8-2)20(28)23-14(10-31)18(26)25-17(21(29)30)13(6)9-3/h11-17,31H,7-10,22H2,1-6H3,(H,23,28)(H,24,27)(H,25,26)(H,29,30). The van der Waals surface area contributed by atoms with E-state index in [1.807, 2.05) is 34.6 Å². The fraction of sp³-hybridized carbons (Fsp3) is 0.810. The smallest absolute Gasteiger partial charge is 0.326 e. The molecule has 0 saturated heterocycles. The first-order valence-corrected chi connectivity index (χ1v) is 11.6. The first-order valence-electron chi connectivity index (χ1n) is 10.9. The maximum Gasteiger partial charge on any atom is 0.326 e. The van der Waals surface area contributed by atoms with Crippen molar-refractivity contribution in [3.63, 3.8) is 0 Å². The third-order valence-electron chi connectivity index (χ3n) is 5.95. The van der Waals surface area contributed by atoms with Crippen LogP contribution in [-0.2, 0) is 19.2 Å². The van der Waals surface area contributed by atoms with Crippen LogP contribution in [-0.4, -0.2) is 58.7 Å². The second-order valence-electron chi connectivity index (χ2n) is 8.24. The number of hydrogen-bond acceptors (Lipinski definition) is 6. The van der Waals surface area contributed by atoms with Gasteiger partial charge in [0.15, 0.2) is 0 Å². The molecule has 6 N–H and O–H groups in total. The predicted octanol–water partition coefficient (Wildman–Crippen LogP) is 0.921. The van der Waals surface area contributed by atoms with Gasteiger partial charge in [-0.25, -0.2) is 4.79 Å². The van der Waals surface area contributed by atoms with Crippen LogP contribution >= 0.6 is 12.6 Å². The minimum Gasteiger partial charge on any atom is -0.480 e. The van der Waals surface area contributed by atoms with Crippen molar-refractivity contribution in [2.45, 2.75) is 85.0 Å². The Bertz CT molecular complexity index is 619. The van der Waals surface area contributed by atoms with Crippen molar-refractivity contribution in [3.05, 3.63) is 0 Å². The molecule has 31 heavy (non-hydrogen) atoms. The SMILES string of the molecule is CCC(C)C(N)C(=O)NC(C(=O)NC(CS)C(=O)NC(C(=O)O)C(C)CC)C(C)CC. The van der Waals surface area contributed by atoms with Crippen LogP contribution in [0.4, 0.5) is 0 Å². The second kappa shape index (κ2) is 14.3. The molecule has 0 heterocycles. The second-order valence-corrected chi connectivity index (χ2v) is 8.60. The van der Waals surface area contributed by atoms with Gasteiger partial charge in [-0.05, 0) is 17.8 Å². The number of amides is 3. The molecule has 0 aliphatic carbocycles. The molecule has 0 rings (SSSR count). The lowest BCUT2D eigenvalue weighted by Crippen LogP contribution is -2.60. The minimum absolute atomic E-state index is 0.0298. The zero-order valence-corrected chi connectivity index (χ0v) is 20.4. The van der Waals surface area contributed by atoms with Crippen LogP contribution in [0.5, 0.6) is 0 Å². The van der Waals surface area contributed by atoms with Crippen molar-refractivity contribution in [3.8, 4) is 0 Å². The van der Waals surface area contributed by atoms with Gasteiger partial charge in [0.25, 0.3) is 0 Å². The van der Waals surface area contributed by atoms with Crippen LogP contribution in [0.2, 0.25) is 0 Å². The van der Waals surface area contributed by atoms with E-state index in [-0.39, 0.29) is 23.5 Å². The molecule has 0 bridgehead atoms. The molecular formula is C21H40N4O5S. The zero-order valence-electron chi connectivity index (χ0n) is 19.5. The summed E-state index contributed by atoms with van der Waals surface area (Å²) >= 11 is 4.13. The Morgan fingerprint density at radius 1 is 0.774 bits per heavy atom. The number of thiol groups is 1. The van der Waals surface area contributed by atoms with Gasteiger partial charge in [-0.2, -0.15) is 12.6 Å². The number of carbonyl (C=O) groups excluding carboxylic acids is 3. The molecule has 0 aliphatic rings. The first-order chi connectivity index (χ1) is 14.4. The van der Waals surface area contributed by atoms with Crippen molar-refractivity contribution in [1.29, 1.82) is 0 Å². The molecule has 0 spiro atoms. The highest BCUT2D eigenvalue weighted by Gasteiger charge is 2.33. The number of nitrogens with one attached hydrogen (secondary N) is 3. The average molecular weight is 461 g/mol. The van der Waals surface area contributed by atoms with Gasteiger partial charge in [-0.1, -0.05) is 60.8 Å². The van der Waals surface area contributed by atoms with Crippen LogP contribution in [0.15, 0.2) is 0 Å². The molecule has 0 saturated carbocycles. The van der Waals surface area contributed by atoms with Crippen molar-refractivity contribution in [2.24, 2.45) is 23.5 Å². The molecular weight excluding hydrogens is 420 g/mol. The molecule has 0 radical (unpaired) electrons. The Morgan fingerprint density at radius 3 is 1.65 bits per heavy atom. The van der Waals surface area contributed by atoms with Crippen LogP contribution in [0.1, 0.15) is 60.8 Å². The number of rotatable bonds is 14. The lowest BCUT2D eigenvalue weighted by atomic mass is 9.95. The van der Waals surface area contributed by atoms with E-state index < -0.39 is 47.9 Å². The third kappa shape index (κ3) is 9.06. The lowest BCUT2D eigenvalue weighted by Gasteiger charge is -2.28. The van der Waals surface area contributed by atoms with Crippen molar-refractivity contribution < 1.29 is 24.3 Å². The summed E-state index contributed by atoms with van der Waals surface area (Å²) in [6, 6.07) is -3.75. The molecule has 0 aromatic rings. The van der Waals surface area contributed by atoms with E-state index in [2.05, 4.69) is 28.6 Å². The van der Waals surface area contributed by atoms with Gasteiger partial charge >= 0.3 is 5.97 Å². The summed E-state index contributed by atoms with van der Waals surface area (Å²) in [6.07, 6.45) is 1.90. The molecule has 0 aromatic carbocycles. The molecule has 7 atom stereocenters. The maximum absolute atomic E-state index is 12.9. The third-order valence-corrected chi connectivity index (χ3v) is 6.31. The Kier molecular flexibility index (Phi) is 13.5. The average Bonchev–Trinajstić information content (AvgIpc) is 2.76. The summed E-state index contributed by atoms with van der Waals surface area (Å²) in [7, 11) is 0. The predicted molar refractivity (Wildman–Crippen MR) is 124 cm³/mol. The van der Waals surface area contributed by atoms with Crippen molar-refractivity contribution in [2.75, 3.05) is 5.75 Å². The largest absolute Gasteiger partial charge is 0.480 e. The van der Waals surface area contributed by atoms with Crippen molar-refractivity contribution >= 4 is 36.3 Å². The molecule has 0 fully saturated rings. The van der Waals surface area contributed by atoms with E-state index in [4.69, 9.17) is 5.73 Å². The van der Waals surface area contributed by atoms with Gasteiger partial charge in [-0.3, -0.25) is 14.4 Å². The summed E-state index contributed by atoms with van der Waals surface area (Å²) in [5, 5.41) is 17.2. The molecule has 9 nitrogen and oxygen atoms in total. The van der Waals surface area contributed by atoms with E-state index in [0.29, 0.717) is 12.8 Å². The van der Waals surface area contributed by atoms with Gasteiger partial charge in [0.1, 0.15) is 18.1 Å². The quantitative estimate of drug-likeness (QED) is 0.212. The van der Waals surface area contributed by atoms with Gasteiger partial charge in [0.2, 0.25) is 17.7 Å². The number of carboxylic acids is 1. The fourth-order valence-corrected chi connectivity index (χ4v) is 3.11. The Morgan fingerprint density at radius 2 is 1.23 bits per heavy atom. The number of carbonyl (C=O) groups is 4. The number of nitrogens with two attached hydrogens (primary N) is 1. The van der Waals surface area contributed by atoms with Crippen LogP contribution in [0, 0.1) is 17.8 Å². The minimum atomic E-state index is -1.14. The number of aliphatic carboxylic acids is 1. The maximum atomic E-state index is 12.9. The molecule has 0 aromatic heterocycles. The zero-order chi connectivity index (χ0) is 24.3. The number of hydrogen-bond donors (Lipinski definition) is 6. The highest BCUT2D eigenvalue weighted by atomic mass is 32.1. The molecule has 7 unspecified atom stereocenters. The molecule has 0 aliphatic heterocycles. The Balaban J connectivity index is 5.37. The molecule has 3 amide bonds. The van der Waals surface area contributed by atoms with Gasteiger partial charge < -0.3 is 26.8 Å².